The van der Waals surface area contributed by atoms with Crippen LogP contribution in [0.3, 0.4) is 0 Å². The van der Waals surface area contributed by atoms with E-state index < -0.39 is 38.3 Å². The zero-order chi connectivity index (χ0) is 21.2. The number of hydrogen-bond donors (Lipinski definition) is 1. The standard InChI is InChI=1S/C17H10Cl2FN3O5S/c18-11-7-4-8-12(19)14(11)29(26,27)23-9-13(20)15(21-16(23)24)22-17(25)28-10-5-2-1-3-6-10/h1-9H,(H,21,22,24,25). The fraction of sp³-hybridized carbons (Fsp3) is 0. The van der Waals surface area contributed by atoms with Crippen molar-refractivity contribution >= 4 is 45.1 Å². The lowest BCUT2D eigenvalue weighted by atomic mass is 10.3. The largest absolute Gasteiger partial charge is 0.418 e. The zero-order valence-corrected chi connectivity index (χ0v) is 16.5. The number of anilines is 1. The molecule has 1 heterocycles. The van der Waals surface area contributed by atoms with E-state index in [0.29, 0.717) is 6.20 Å². The number of nitrogens with zero attached hydrogens (tertiary/aromatic N) is 2. The van der Waals surface area contributed by atoms with Crippen molar-refractivity contribution in [3.63, 3.8) is 0 Å². The first kappa shape index (κ1) is 20.8. The smallest absolute Gasteiger partial charge is 0.410 e. The summed E-state index contributed by atoms with van der Waals surface area (Å²) in [6.07, 6.45) is -0.778. The monoisotopic (exact) mass is 457 g/mol. The molecule has 0 atom stereocenters. The van der Waals surface area contributed by atoms with Crippen molar-refractivity contribution in [2.24, 2.45) is 0 Å². The van der Waals surface area contributed by atoms with Crippen LogP contribution < -0.4 is 15.7 Å². The number of ether oxygens (including phenoxy) is 1. The molecule has 0 saturated heterocycles. The number of hydrogen-bond acceptors (Lipinski definition) is 6. The van der Waals surface area contributed by atoms with Gasteiger partial charge in [-0.3, -0.25) is 5.32 Å². The van der Waals surface area contributed by atoms with Crippen LogP contribution >= 0.6 is 23.2 Å². The first-order chi connectivity index (χ1) is 13.7. The molecule has 0 radical (unpaired) electrons. The van der Waals surface area contributed by atoms with Gasteiger partial charge >= 0.3 is 11.8 Å². The molecular formula is C17H10Cl2FN3O5S. The highest BCUT2D eigenvalue weighted by atomic mass is 35.5. The third-order valence-corrected chi connectivity index (χ3v) is 6.05. The summed E-state index contributed by atoms with van der Waals surface area (Å²) in [7, 11) is -4.65. The van der Waals surface area contributed by atoms with E-state index in [9.17, 15) is 22.4 Å². The van der Waals surface area contributed by atoms with Gasteiger partial charge in [-0.2, -0.15) is 8.96 Å². The van der Waals surface area contributed by atoms with Gasteiger partial charge < -0.3 is 4.74 Å². The highest BCUT2D eigenvalue weighted by Crippen LogP contribution is 2.30. The maximum Gasteiger partial charge on any atom is 0.418 e. The molecule has 1 N–H and O–H groups in total. The minimum absolute atomic E-state index is 0.0309. The van der Waals surface area contributed by atoms with E-state index in [4.69, 9.17) is 27.9 Å². The molecule has 0 aliphatic heterocycles. The molecule has 0 bridgehead atoms. The van der Waals surface area contributed by atoms with Crippen LogP contribution in [0, 0.1) is 5.82 Å². The van der Waals surface area contributed by atoms with Crippen LogP contribution in [-0.4, -0.2) is 23.5 Å². The Bertz CT molecular complexity index is 1230. The van der Waals surface area contributed by atoms with Crippen LogP contribution in [0.5, 0.6) is 5.75 Å². The highest BCUT2D eigenvalue weighted by Gasteiger charge is 2.27. The fourth-order valence-corrected chi connectivity index (χ4v) is 4.51. The Morgan fingerprint density at radius 3 is 2.31 bits per heavy atom. The number of carbonyl (C=O) groups excluding carboxylic acids is 1. The minimum Gasteiger partial charge on any atom is -0.410 e. The SMILES string of the molecule is O=C(Nc1nc(=O)n(S(=O)(=O)c2c(Cl)cccc2Cl)cc1F)Oc1ccccc1. The first-order valence-corrected chi connectivity index (χ1v) is 9.92. The van der Waals surface area contributed by atoms with Crippen molar-refractivity contribution in [1.82, 2.24) is 8.96 Å². The molecule has 0 unspecified atom stereocenters. The Labute approximate surface area is 173 Å². The maximum atomic E-state index is 14.4. The van der Waals surface area contributed by atoms with Crippen LogP contribution in [-0.2, 0) is 10.0 Å². The number of carbonyl (C=O) groups is 1. The zero-order valence-electron chi connectivity index (χ0n) is 14.2. The van der Waals surface area contributed by atoms with E-state index in [2.05, 4.69) is 4.98 Å². The molecule has 0 aliphatic carbocycles. The Kier molecular flexibility index (Phi) is 5.87. The molecule has 150 valence electrons. The van der Waals surface area contributed by atoms with Crippen LogP contribution in [0.15, 0.2) is 64.4 Å². The molecular weight excluding hydrogens is 448 g/mol. The van der Waals surface area contributed by atoms with Gasteiger partial charge in [0.2, 0.25) is 0 Å². The molecule has 2 aromatic carbocycles. The van der Waals surface area contributed by atoms with Crippen molar-refractivity contribution in [3.05, 3.63) is 81.1 Å². The Balaban J connectivity index is 1.94. The Hall–Kier alpha value is -2.95. The van der Waals surface area contributed by atoms with E-state index in [0.717, 1.165) is 0 Å². The van der Waals surface area contributed by atoms with Gasteiger partial charge in [0.25, 0.3) is 10.0 Å². The lowest BCUT2D eigenvalue weighted by Gasteiger charge is -2.12. The second kappa shape index (κ2) is 8.19. The normalized spacial score (nSPS) is 11.1. The van der Waals surface area contributed by atoms with Gasteiger partial charge in [-0.25, -0.2) is 22.4 Å². The molecule has 0 fully saturated rings. The molecule has 0 aliphatic rings. The molecule has 12 heteroatoms. The number of rotatable bonds is 4. The minimum atomic E-state index is -4.65. The predicted octanol–water partition coefficient (Wildman–Crippen LogP) is 3.54. The maximum absolute atomic E-state index is 14.4. The summed E-state index contributed by atoms with van der Waals surface area (Å²) in [6, 6.07) is 11.7. The number of aromatic nitrogens is 2. The quantitative estimate of drug-likeness (QED) is 0.641. The van der Waals surface area contributed by atoms with Crippen LogP contribution in [0.2, 0.25) is 10.0 Å². The topological polar surface area (TPSA) is 107 Å². The fourth-order valence-electron chi connectivity index (χ4n) is 2.22. The van der Waals surface area contributed by atoms with Gasteiger partial charge in [0.05, 0.1) is 16.2 Å². The van der Waals surface area contributed by atoms with Crippen molar-refractivity contribution < 1.29 is 22.3 Å². The van der Waals surface area contributed by atoms with Gasteiger partial charge in [0, 0.05) is 0 Å². The van der Waals surface area contributed by atoms with Gasteiger partial charge in [0.1, 0.15) is 10.6 Å². The summed E-state index contributed by atoms with van der Waals surface area (Å²) in [5.41, 5.74) is -1.39. The summed E-state index contributed by atoms with van der Waals surface area (Å²) in [5, 5.41) is 1.40. The highest BCUT2D eigenvalue weighted by molar-refractivity contribution is 7.90. The molecule has 29 heavy (non-hydrogen) atoms. The van der Waals surface area contributed by atoms with Gasteiger partial charge in [-0.1, -0.05) is 47.5 Å². The summed E-state index contributed by atoms with van der Waals surface area (Å²) in [4.78, 5) is 26.7. The Morgan fingerprint density at radius 2 is 1.69 bits per heavy atom. The van der Waals surface area contributed by atoms with Crippen molar-refractivity contribution in [1.29, 1.82) is 0 Å². The van der Waals surface area contributed by atoms with Crippen molar-refractivity contribution in [2.75, 3.05) is 5.32 Å². The number of nitrogens with one attached hydrogen (secondary N) is 1. The second-order valence-electron chi connectivity index (χ2n) is 5.40. The average Bonchev–Trinajstić information content (AvgIpc) is 2.64. The second-order valence-corrected chi connectivity index (χ2v) is 7.97. The van der Waals surface area contributed by atoms with Crippen molar-refractivity contribution in [2.45, 2.75) is 4.90 Å². The van der Waals surface area contributed by atoms with E-state index in [-0.39, 0.29) is 19.8 Å². The number of amides is 1. The molecule has 3 rings (SSSR count). The number of halogens is 3. The summed E-state index contributed by atoms with van der Waals surface area (Å²) in [5.74, 6) is -1.95. The van der Waals surface area contributed by atoms with Gasteiger partial charge in [0.15, 0.2) is 11.6 Å². The predicted molar refractivity (Wildman–Crippen MR) is 104 cm³/mol. The summed E-state index contributed by atoms with van der Waals surface area (Å²) < 4.78 is 44.7. The van der Waals surface area contributed by atoms with Crippen LogP contribution in [0.4, 0.5) is 15.0 Å². The molecule has 3 aromatic rings. The third-order valence-electron chi connectivity index (χ3n) is 3.46. The number of benzene rings is 2. The lowest BCUT2D eigenvalue weighted by molar-refractivity contribution is 0.215. The molecule has 0 spiro atoms. The summed E-state index contributed by atoms with van der Waals surface area (Å²) in [6.45, 7) is 0. The van der Waals surface area contributed by atoms with Crippen LogP contribution in [0.1, 0.15) is 0 Å². The number of para-hydroxylation sites is 1. The van der Waals surface area contributed by atoms with E-state index in [1.807, 2.05) is 5.32 Å². The molecule has 1 aromatic heterocycles. The lowest BCUT2D eigenvalue weighted by Crippen LogP contribution is -2.32. The van der Waals surface area contributed by atoms with E-state index >= 15 is 0 Å². The first-order valence-electron chi connectivity index (χ1n) is 7.73. The van der Waals surface area contributed by atoms with Crippen LogP contribution in [0.25, 0.3) is 0 Å². The molecule has 0 saturated carbocycles. The van der Waals surface area contributed by atoms with Gasteiger partial charge in [-0.05, 0) is 24.3 Å². The van der Waals surface area contributed by atoms with E-state index in [1.54, 1.807) is 18.2 Å². The Morgan fingerprint density at radius 1 is 1.07 bits per heavy atom. The third kappa shape index (κ3) is 4.39. The average molecular weight is 458 g/mol. The van der Waals surface area contributed by atoms with Crippen molar-refractivity contribution in [3.8, 4) is 5.75 Å². The molecule has 1 amide bonds. The van der Waals surface area contributed by atoms with E-state index in [1.165, 1.54) is 30.3 Å². The summed E-state index contributed by atoms with van der Waals surface area (Å²) >= 11 is 11.7. The molecule has 8 nitrogen and oxygen atoms in total. The van der Waals surface area contributed by atoms with Gasteiger partial charge in [-0.15, -0.1) is 0 Å².